The standard InChI is InChI=1S/C26H21F2N7O/c27-21-5-7-23(24(28)10-21)26(36,15-35-17-30-16-32-35)14-34-13-20-9-22(6-8-25(20)33-34)31-12-19-3-1-18(11-29)2-4-19/h1-10,13,16-17,31,36H,12,14-15H2. The van der Waals surface area contributed by atoms with Gasteiger partial charge in [0.15, 0.2) is 0 Å². The molecule has 36 heavy (non-hydrogen) atoms. The van der Waals surface area contributed by atoms with Crippen LogP contribution in [0.5, 0.6) is 0 Å². The Kier molecular flexibility index (Phi) is 6.14. The van der Waals surface area contributed by atoms with Gasteiger partial charge >= 0.3 is 0 Å². The second-order valence-electron chi connectivity index (χ2n) is 8.51. The number of anilines is 1. The molecule has 0 aliphatic rings. The number of benzene rings is 3. The molecular weight excluding hydrogens is 464 g/mol. The van der Waals surface area contributed by atoms with E-state index >= 15 is 0 Å². The molecule has 0 saturated carbocycles. The molecule has 0 amide bonds. The van der Waals surface area contributed by atoms with E-state index < -0.39 is 17.2 Å². The minimum absolute atomic E-state index is 0.0660. The average Bonchev–Trinajstić information content (AvgIpc) is 3.51. The molecule has 10 heteroatoms. The van der Waals surface area contributed by atoms with Gasteiger partial charge in [-0.25, -0.2) is 18.4 Å². The third kappa shape index (κ3) is 4.92. The molecule has 180 valence electrons. The summed E-state index contributed by atoms with van der Waals surface area (Å²) in [7, 11) is 0. The van der Waals surface area contributed by atoms with Crippen LogP contribution in [-0.4, -0.2) is 29.7 Å². The fraction of sp³-hybridized carbons (Fsp3) is 0.154. The van der Waals surface area contributed by atoms with Crippen molar-refractivity contribution in [2.75, 3.05) is 5.32 Å². The van der Waals surface area contributed by atoms with Gasteiger partial charge in [-0.3, -0.25) is 4.68 Å². The van der Waals surface area contributed by atoms with E-state index in [9.17, 15) is 13.9 Å². The molecular formula is C26H21F2N7O. The molecule has 0 spiro atoms. The lowest BCUT2D eigenvalue weighted by atomic mass is 9.93. The number of hydrogen-bond donors (Lipinski definition) is 2. The molecule has 0 aliphatic carbocycles. The summed E-state index contributed by atoms with van der Waals surface area (Å²) in [5.41, 5.74) is 1.37. The fourth-order valence-corrected chi connectivity index (χ4v) is 4.11. The van der Waals surface area contributed by atoms with Crippen LogP contribution in [-0.2, 0) is 25.2 Å². The normalized spacial score (nSPS) is 12.8. The van der Waals surface area contributed by atoms with Crippen LogP contribution >= 0.6 is 0 Å². The second kappa shape index (κ2) is 9.56. The van der Waals surface area contributed by atoms with Crippen LogP contribution in [0.3, 0.4) is 0 Å². The first-order valence-electron chi connectivity index (χ1n) is 11.1. The monoisotopic (exact) mass is 485 g/mol. The summed E-state index contributed by atoms with van der Waals surface area (Å²) in [6, 6.07) is 18.2. The Labute approximate surface area is 205 Å². The lowest BCUT2D eigenvalue weighted by molar-refractivity contribution is -0.00828. The number of aliphatic hydroxyl groups is 1. The van der Waals surface area contributed by atoms with Gasteiger partial charge in [-0.05, 0) is 42.0 Å². The van der Waals surface area contributed by atoms with Crippen LogP contribution in [0, 0.1) is 23.0 Å². The summed E-state index contributed by atoms with van der Waals surface area (Å²) in [6.45, 7) is 0.369. The summed E-state index contributed by atoms with van der Waals surface area (Å²) in [4.78, 5) is 3.88. The molecule has 8 nitrogen and oxygen atoms in total. The number of halogens is 2. The Morgan fingerprint density at radius 2 is 1.81 bits per heavy atom. The van der Waals surface area contributed by atoms with Crippen LogP contribution in [0.25, 0.3) is 10.9 Å². The first-order valence-corrected chi connectivity index (χ1v) is 11.1. The smallest absolute Gasteiger partial charge is 0.137 e. The topological polar surface area (TPSA) is 105 Å². The number of fused-ring (bicyclic) bond motifs is 1. The van der Waals surface area contributed by atoms with Gasteiger partial charge in [0.25, 0.3) is 0 Å². The number of nitriles is 1. The van der Waals surface area contributed by atoms with Crippen molar-refractivity contribution in [1.82, 2.24) is 24.5 Å². The molecule has 5 rings (SSSR count). The van der Waals surface area contributed by atoms with Crippen molar-refractivity contribution in [1.29, 1.82) is 5.26 Å². The van der Waals surface area contributed by atoms with Crippen molar-refractivity contribution in [2.45, 2.75) is 25.2 Å². The minimum atomic E-state index is -1.77. The van der Waals surface area contributed by atoms with Crippen molar-refractivity contribution in [3.8, 4) is 6.07 Å². The highest BCUT2D eigenvalue weighted by atomic mass is 19.1. The highest BCUT2D eigenvalue weighted by Gasteiger charge is 2.34. The van der Waals surface area contributed by atoms with Crippen LogP contribution in [0.1, 0.15) is 16.7 Å². The van der Waals surface area contributed by atoms with Gasteiger partial charge in [-0.2, -0.15) is 15.5 Å². The van der Waals surface area contributed by atoms with Crippen molar-refractivity contribution in [3.05, 3.63) is 108 Å². The van der Waals surface area contributed by atoms with Gasteiger partial charge in [-0.15, -0.1) is 0 Å². The molecule has 0 radical (unpaired) electrons. The number of nitrogens with zero attached hydrogens (tertiary/aromatic N) is 6. The molecule has 2 heterocycles. The van der Waals surface area contributed by atoms with E-state index in [1.54, 1.807) is 18.3 Å². The third-order valence-corrected chi connectivity index (χ3v) is 5.88. The van der Waals surface area contributed by atoms with Gasteiger partial charge in [0, 0.05) is 35.4 Å². The molecule has 1 atom stereocenters. The van der Waals surface area contributed by atoms with Gasteiger partial charge in [0.1, 0.15) is 29.9 Å². The second-order valence-corrected chi connectivity index (χ2v) is 8.51. The number of rotatable bonds is 8. The zero-order valence-corrected chi connectivity index (χ0v) is 19.0. The lowest BCUT2D eigenvalue weighted by Gasteiger charge is -2.28. The van der Waals surface area contributed by atoms with Crippen LogP contribution in [0.15, 0.2) is 79.5 Å². The van der Waals surface area contributed by atoms with Crippen molar-refractivity contribution in [2.24, 2.45) is 0 Å². The number of nitrogens with one attached hydrogen (secondary N) is 1. The molecule has 0 aliphatic heterocycles. The number of hydrogen-bond acceptors (Lipinski definition) is 6. The summed E-state index contributed by atoms with van der Waals surface area (Å²) >= 11 is 0. The SMILES string of the molecule is N#Cc1ccc(CNc2ccc3nn(CC(O)(Cn4cncn4)c4ccc(F)cc4F)cc3c2)cc1. The summed E-state index contributed by atoms with van der Waals surface area (Å²) in [5, 5.41) is 33.2. The average molecular weight is 485 g/mol. The third-order valence-electron chi connectivity index (χ3n) is 5.88. The molecule has 5 aromatic rings. The van der Waals surface area contributed by atoms with E-state index in [0.717, 1.165) is 28.8 Å². The molecule has 0 saturated heterocycles. The summed E-state index contributed by atoms with van der Waals surface area (Å²) in [5.74, 6) is -1.59. The van der Waals surface area contributed by atoms with Crippen LogP contribution in [0.2, 0.25) is 0 Å². The first-order chi connectivity index (χ1) is 17.4. The molecule has 2 aromatic heterocycles. The van der Waals surface area contributed by atoms with E-state index in [0.29, 0.717) is 17.6 Å². The fourth-order valence-electron chi connectivity index (χ4n) is 4.11. The summed E-state index contributed by atoms with van der Waals surface area (Å²) in [6.07, 6.45) is 4.49. The Bertz CT molecular complexity index is 1540. The van der Waals surface area contributed by atoms with Gasteiger partial charge in [-0.1, -0.05) is 18.2 Å². The molecule has 0 fully saturated rings. The highest BCUT2D eigenvalue weighted by molar-refractivity contribution is 5.82. The van der Waals surface area contributed by atoms with Crippen LogP contribution < -0.4 is 5.32 Å². The quantitative estimate of drug-likeness (QED) is 0.345. The Morgan fingerprint density at radius 1 is 1.00 bits per heavy atom. The zero-order chi connectivity index (χ0) is 25.1. The molecule has 3 aromatic carbocycles. The maximum atomic E-state index is 14.7. The lowest BCUT2D eigenvalue weighted by Crippen LogP contribution is -2.37. The Morgan fingerprint density at radius 3 is 2.53 bits per heavy atom. The van der Waals surface area contributed by atoms with E-state index in [1.165, 1.54) is 28.1 Å². The first kappa shape index (κ1) is 23.1. The van der Waals surface area contributed by atoms with E-state index in [4.69, 9.17) is 5.26 Å². The largest absolute Gasteiger partial charge is 0.381 e. The molecule has 1 unspecified atom stereocenters. The predicted molar refractivity (Wildman–Crippen MR) is 128 cm³/mol. The highest BCUT2D eigenvalue weighted by Crippen LogP contribution is 2.29. The van der Waals surface area contributed by atoms with Gasteiger partial charge in [0.2, 0.25) is 0 Å². The van der Waals surface area contributed by atoms with E-state index in [-0.39, 0.29) is 18.7 Å². The Balaban J connectivity index is 1.39. The van der Waals surface area contributed by atoms with Gasteiger partial charge < -0.3 is 10.4 Å². The predicted octanol–water partition coefficient (Wildman–Crippen LogP) is 3.98. The maximum absolute atomic E-state index is 14.7. The van der Waals surface area contributed by atoms with E-state index in [2.05, 4.69) is 26.6 Å². The molecule has 2 N–H and O–H groups in total. The minimum Gasteiger partial charge on any atom is -0.381 e. The van der Waals surface area contributed by atoms with E-state index in [1.807, 2.05) is 30.3 Å². The number of aromatic nitrogens is 5. The van der Waals surface area contributed by atoms with Crippen molar-refractivity contribution < 1.29 is 13.9 Å². The summed E-state index contributed by atoms with van der Waals surface area (Å²) < 4.78 is 31.2. The van der Waals surface area contributed by atoms with Gasteiger partial charge in [0.05, 0.1) is 30.2 Å². The Hall–Kier alpha value is -4.62. The zero-order valence-electron chi connectivity index (χ0n) is 19.0. The maximum Gasteiger partial charge on any atom is 0.137 e. The molecule has 0 bridgehead atoms. The van der Waals surface area contributed by atoms with Crippen molar-refractivity contribution in [3.63, 3.8) is 0 Å². The van der Waals surface area contributed by atoms with Crippen molar-refractivity contribution >= 4 is 16.6 Å². The van der Waals surface area contributed by atoms with Crippen LogP contribution in [0.4, 0.5) is 14.5 Å².